The predicted molar refractivity (Wildman–Crippen MR) is 90.2 cm³/mol. The lowest BCUT2D eigenvalue weighted by Gasteiger charge is -2.36. The lowest BCUT2D eigenvalue weighted by Crippen LogP contribution is -2.54. The van der Waals surface area contributed by atoms with Gasteiger partial charge in [0.1, 0.15) is 0 Å². The number of amides is 1. The number of nitrogens with zero attached hydrogens (tertiary/aromatic N) is 4. The monoisotopic (exact) mass is 345 g/mol. The van der Waals surface area contributed by atoms with Gasteiger partial charge in [0.25, 0.3) is 0 Å². The van der Waals surface area contributed by atoms with Gasteiger partial charge in [0, 0.05) is 32.6 Å². The number of aromatic nitrogens is 2. The van der Waals surface area contributed by atoms with Gasteiger partial charge in [0.05, 0.1) is 12.6 Å². The second-order valence-electron chi connectivity index (χ2n) is 5.97. The van der Waals surface area contributed by atoms with Crippen LogP contribution >= 0.6 is 12.4 Å². The van der Waals surface area contributed by atoms with Crippen molar-refractivity contribution in [3.8, 4) is 0 Å². The smallest absolute Gasteiger partial charge is 0.239 e. The van der Waals surface area contributed by atoms with Crippen LogP contribution in [0.15, 0.2) is 4.52 Å². The first-order valence-corrected chi connectivity index (χ1v) is 8.13. The van der Waals surface area contributed by atoms with Crippen LogP contribution in [0.5, 0.6) is 0 Å². The summed E-state index contributed by atoms with van der Waals surface area (Å²) in [5.74, 6) is 1.68. The van der Waals surface area contributed by atoms with E-state index in [2.05, 4.69) is 22.0 Å². The van der Waals surface area contributed by atoms with Crippen molar-refractivity contribution >= 4 is 18.3 Å². The van der Waals surface area contributed by atoms with Gasteiger partial charge in [-0.2, -0.15) is 4.98 Å². The second-order valence-corrected chi connectivity index (χ2v) is 5.97. The minimum absolute atomic E-state index is 0. The Morgan fingerprint density at radius 2 is 1.96 bits per heavy atom. The van der Waals surface area contributed by atoms with Crippen molar-refractivity contribution in [3.63, 3.8) is 0 Å². The molecule has 2 unspecified atom stereocenters. The van der Waals surface area contributed by atoms with Gasteiger partial charge >= 0.3 is 0 Å². The highest BCUT2D eigenvalue weighted by atomic mass is 35.5. The van der Waals surface area contributed by atoms with Gasteiger partial charge in [-0.05, 0) is 5.92 Å². The number of carbonyl (C=O) groups excluding carboxylic acids is 1. The molecule has 0 radical (unpaired) electrons. The van der Waals surface area contributed by atoms with Crippen LogP contribution in [0, 0.1) is 5.92 Å². The Morgan fingerprint density at radius 3 is 2.48 bits per heavy atom. The highest BCUT2D eigenvalue weighted by Crippen LogP contribution is 2.12. The molecule has 1 saturated heterocycles. The Balaban J connectivity index is 0.00000264. The number of piperazine rings is 1. The normalized spacial score (nSPS) is 18.3. The van der Waals surface area contributed by atoms with Crippen LogP contribution in [-0.2, 0) is 17.8 Å². The highest BCUT2D eigenvalue weighted by molar-refractivity contribution is 5.85. The Kier molecular flexibility index (Phi) is 7.94. The van der Waals surface area contributed by atoms with E-state index in [1.165, 1.54) is 0 Å². The van der Waals surface area contributed by atoms with Crippen molar-refractivity contribution in [2.24, 2.45) is 11.7 Å². The molecule has 2 rings (SSSR count). The molecule has 0 saturated carbocycles. The van der Waals surface area contributed by atoms with Crippen LogP contribution in [0.2, 0.25) is 0 Å². The van der Waals surface area contributed by atoms with Crippen molar-refractivity contribution in [1.29, 1.82) is 0 Å². The average molecular weight is 346 g/mol. The number of hydrogen-bond acceptors (Lipinski definition) is 6. The molecule has 7 nitrogen and oxygen atoms in total. The Labute approximate surface area is 144 Å². The van der Waals surface area contributed by atoms with Crippen LogP contribution in [-0.4, -0.2) is 58.1 Å². The first-order chi connectivity index (χ1) is 10.5. The Hall–Kier alpha value is -1.18. The van der Waals surface area contributed by atoms with Gasteiger partial charge in [0.2, 0.25) is 11.8 Å². The van der Waals surface area contributed by atoms with Crippen molar-refractivity contribution in [2.75, 3.05) is 26.2 Å². The lowest BCUT2D eigenvalue weighted by molar-refractivity contribution is -0.135. The molecule has 1 fully saturated rings. The van der Waals surface area contributed by atoms with E-state index in [1.807, 2.05) is 18.7 Å². The molecule has 1 aromatic rings. The van der Waals surface area contributed by atoms with E-state index in [4.69, 9.17) is 10.3 Å². The Morgan fingerprint density at radius 1 is 1.30 bits per heavy atom. The lowest BCUT2D eigenvalue weighted by atomic mass is 9.98. The first-order valence-electron chi connectivity index (χ1n) is 8.13. The van der Waals surface area contributed by atoms with E-state index in [0.717, 1.165) is 25.9 Å². The zero-order chi connectivity index (χ0) is 16.1. The van der Waals surface area contributed by atoms with Gasteiger partial charge in [-0.15, -0.1) is 12.4 Å². The fourth-order valence-electron chi connectivity index (χ4n) is 2.53. The maximum absolute atomic E-state index is 12.3. The molecule has 0 aliphatic carbocycles. The average Bonchev–Trinajstić information content (AvgIpc) is 3.01. The second kappa shape index (κ2) is 9.20. The summed E-state index contributed by atoms with van der Waals surface area (Å²) in [6.07, 6.45) is 1.67. The summed E-state index contributed by atoms with van der Waals surface area (Å²) in [7, 11) is 0. The van der Waals surface area contributed by atoms with Crippen molar-refractivity contribution in [3.05, 3.63) is 11.7 Å². The molecule has 1 aromatic heterocycles. The van der Waals surface area contributed by atoms with Crippen LogP contribution in [0.25, 0.3) is 0 Å². The molecule has 2 heterocycles. The summed E-state index contributed by atoms with van der Waals surface area (Å²) >= 11 is 0. The molecule has 132 valence electrons. The molecule has 23 heavy (non-hydrogen) atoms. The fourth-order valence-corrected chi connectivity index (χ4v) is 2.53. The number of hydrogen-bond donors (Lipinski definition) is 1. The standard InChI is InChI=1S/C15H27N5O2.ClH/c1-4-11(3)14(16)15(21)20-8-6-19(7-9-20)10-12-17-13(5-2)22-18-12;/h11,14H,4-10,16H2,1-3H3;1H. The molecular weight excluding hydrogens is 318 g/mol. The van der Waals surface area contributed by atoms with E-state index in [0.29, 0.717) is 31.3 Å². The Bertz CT molecular complexity index is 488. The van der Waals surface area contributed by atoms with Gasteiger partial charge in [-0.1, -0.05) is 32.3 Å². The molecule has 0 bridgehead atoms. The zero-order valence-electron chi connectivity index (χ0n) is 14.2. The number of rotatable bonds is 6. The molecule has 2 N–H and O–H groups in total. The molecule has 0 aromatic carbocycles. The van der Waals surface area contributed by atoms with Crippen molar-refractivity contribution < 1.29 is 9.32 Å². The summed E-state index contributed by atoms with van der Waals surface area (Å²) in [6, 6.07) is -0.388. The van der Waals surface area contributed by atoms with Crippen molar-refractivity contribution in [1.82, 2.24) is 19.9 Å². The van der Waals surface area contributed by atoms with E-state index in [1.54, 1.807) is 0 Å². The van der Waals surface area contributed by atoms with Crippen LogP contribution in [0.3, 0.4) is 0 Å². The first kappa shape index (κ1) is 19.9. The summed E-state index contributed by atoms with van der Waals surface area (Å²) in [6.45, 7) is 9.80. The third kappa shape index (κ3) is 5.16. The van der Waals surface area contributed by atoms with E-state index < -0.39 is 0 Å². The number of aryl methyl sites for hydroxylation is 1. The molecule has 1 aliphatic rings. The van der Waals surface area contributed by atoms with Gasteiger partial charge in [-0.3, -0.25) is 9.69 Å². The number of halogens is 1. The minimum atomic E-state index is -0.388. The SMILES string of the molecule is CCc1nc(CN2CCN(C(=O)C(N)C(C)CC)CC2)no1.Cl. The minimum Gasteiger partial charge on any atom is -0.339 e. The van der Waals surface area contributed by atoms with Gasteiger partial charge < -0.3 is 15.2 Å². The van der Waals surface area contributed by atoms with E-state index >= 15 is 0 Å². The maximum Gasteiger partial charge on any atom is 0.239 e. The fraction of sp³-hybridized carbons (Fsp3) is 0.800. The summed E-state index contributed by atoms with van der Waals surface area (Å²) < 4.78 is 5.12. The largest absolute Gasteiger partial charge is 0.339 e. The summed E-state index contributed by atoms with van der Waals surface area (Å²) in [4.78, 5) is 20.8. The predicted octanol–water partition coefficient (Wildman–Crippen LogP) is 1.07. The summed E-state index contributed by atoms with van der Waals surface area (Å²) in [5.41, 5.74) is 6.04. The third-order valence-corrected chi connectivity index (χ3v) is 4.40. The number of nitrogens with two attached hydrogens (primary N) is 1. The molecule has 0 spiro atoms. The summed E-state index contributed by atoms with van der Waals surface area (Å²) in [5, 5.41) is 3.97. The van der Waals surface area contributed by atoms with Crippen LogP contribution < -0.4 is 5.73 Å². The van der Waals surface area contributed by atoms with Crippen molar-refractivity contribution in [2.45, 2.75) is 46.2 Å². The zero-order valence-corrected chi connectivity index (χ0v) is 15.0. The third-order valence-electron chi connectivity index (χ3n) is 4.40. The molecular formula is C15H28ClN5O2. The number of carbonyl (C=O) groups is 1. The van der Waals surface area contributed by atoms with Crippen LogP contribution in [0.4, 0.5) is 0 Å². The van der Waals surface area contributed by atoms with Gasteiger partial charge in [0.15, 0.2) is 5.82 Å². The molecule has 2 atom stereocenters. The van der Waals surface area contributed by atoms with Gasteiger partial charge in [-0.25, -0.2) is 0 Å². The topological polar surface area (TPSA) is 88.5 Å². The van der Waals surface area contributed by atoms with E-state index in [9.17, 15) is 4.79 Å². The molecule has 1 aliphatic heterocycles. The van der Waals surface area contributed by atoms with Crippen LogP contribution in [0.1, 0.15) is 38.9 Å². The quantitative estimate of drug-likeness (QED) is 0.829. The van der Waals surface area contributed by atoms with E-state index in [-0.39, 0.29) is 30.3 Å². The highest BCUT2D eigenvalue weighted by Gasteiger charge is 2.28. The molecule has 1 amide bonds. The molecule has 8 heteroatoms. The maximum atomic E-state index is 12.3.